The lowest BCUT2D eigenvalue weighted by Crippen LogP contribution is -2.14. The smallest absolute Gasteiger partial charge is 0.162 e. The van der Waals surface area contributed by atoms with Gasteiger partial charge in [0, 0.05) is 49.1 Å². The molecule has 0 unspecified atom stereocenters. The van der Waals surface area contributed by atoms with E-state index in [0.29, 0.717) is 11.8 Å². The molecule has 5 heteroatoms. The van der Waals surface area contributed by atoms with E-state index in [2.05, 4.69) is 194 Å². The lowest BCUT2D eigenvalue weighted by atomic mass is 9.95. The van der Waals surface area contributed by atoms with Crippen molar-refractivity contribution in [1.29, 1.82) is 0 Å². The summed E-state index contributed by atoms with van der Waals surface area (Å²) in [5.41, 5.74) is 16.4. The molecule has 2 fully saturated rings. The number of benzene rings is 9. The zero-order chi connectivity index (χ0) is 45.7. The highest BCUT2D eigenvalue weighted by Crippen LogP contribution is 2.56. The van der Waals surface area contributed by atoms with Crippen LogP contribution in [0.15, 0.2) is 183 Å². The van der Waals surface area contributed by atoms with Gasteiger partial charge in [-0.3, -0.25) is 0 Å². The number of aryl methyl sites for hydroxylation is 2. The third kappa shape index (κ3) is 6.29. The number of fused-ring (bicyclic) bond motifs is 10. The first-order valence-electron chi connectivity index (χ1n) is 25.1. The number of furan rings is 3. The number of nitrogens with zero attached hydrogens (tertiary/aromatic N) is 2. The maximum atomic E-state index is 7.38. The molecule has 69 heavy (non-hydrogen) atoms. The van der Waals surface area contributed by atoms with Gasteiger partial charge >= 0.3 is 0 Å². The summed E-state index contributed by atoms with van der Waals surface area (Å²) in [4.78, 5) is 4.86. The van der Waals surface area contributed by atoms with Crippen molar-refractivity contribution in [3.63, 3.8) is 0 Å². The molecule has 0 bridgehead atoms. The predicted octanol–water partition coefficient (Wildman–Crippen LogP) is 19.4. The second kappa shape index (κ2) is 15.9. The Kier molecular flexibility index (Phi) is 9.30. The molecule has 0 spiro atoms. The molecule has 0 radical (unpaired) electrons. The van der Waals surface area contributed by atoms with E-state index >= 15 is 0 Å². The second-order valence-corrected chi connectivity index (χ2v) is 19.8. The van der Waals surface area contributed by atoms with E-state index in [-0.39, 0.29) is 0 Å². The van der Waals surface area contributed by atoms with Crippen LogP contribution in [0.2, 0.25) is 0 Å². The van der Waals surface area contributed by atoms with Gasteiger partial charge < -0.3 is 23.1 Å². The summed E-state index contributed by atoms with van der Waals surface area (Å²) in [6.07, 6.45) is 9.87. The third-order valence-electron chi connectivity index (χ3n) is 15.6. The van der Waals surface area contributed by atoms with Gasteiger partial charge in [-0.2, -0.15) is 0 Å². The number of rotatable bonds is 8. The quantitative estimate of drug-likeness (QED) is 0.142. The number of hydrogen-bond donors (Lipinski definition) is 0. The van der Waals surface area contributed by atoms with E-state index in [1.165, 1.54) is 84.4 Å². The van der Waals surface area contributed by atoms with Crippen molar-refractivity contribution in [1.82, 2.24) is 0 Å². The van der Waals surface area contributed by atoms with E-state index in [1.807, 2.05) is 0 Å². The number of hydrogen-bond acceptors (Lipinski definition) is 5. The molecule has 3 heterocycles. The molecular weight excluding hydrogens is 845 g/mol. The van der Waals surface area contributed by atoms with E-state index in [9.17, 15) is 0 Å². The van der Waals surface area contributed by atoms with Crippen LogP contribution in [0.4, 0.5) is 34.1 Å². The van der Waals surface area contributed by atoms with Gasteiger partial charge in [0.15, 0.2) is 16.7 Å². The normalized spacial score (nSPS) is 14.8. The van der Waals surface area contributed by atoms with Crippen molar-refractivity contribution in [2.75, 3.05) is 9.80 Å². The molecule has 0 amide bonds. The average molecular weight is 897 g/mol. The zero-order valence-corrected chi connectivity index (χ0v) is 39.1. The van der Waals surface area contributed by atoms with Crippen LogP contribution in [0.3, 0.4) is 0 Å². The van der Waals surface area contributed by atoms with Crippen molar-refractivity contribution in [2.45, 2.75) is 77.0 Å². The lowest BCUT2D eigenvalue weighted by Gasteiger charge is -2.31. The second-order valence-electron chi connectivity index (χ2n) is 19.8. The van der Waals surface area contributed by atoms with Gasteiger partial charge in [0.25, 0.3) is 0 Å². The van der Waals surface area contributed by atoms with Crippen molar-refractivity contribution in [3.05, 3.63) is 192 Å². The Morgan fingerprint density at radius 3 is 1.30 bits per heavy atom. The highest BCUT2D eigenvalue weighted by atomic mass is 16.3. The first-order valence-corrected chi connectivity index (χ1v) is 25.1. The van der Waals surface area contributed by atoms with Crippen LogP contribution in [0.5, 0.6) is 0 Å². The van der Waals surface area contributed by atoms with E-state index < -0.39 is 0 Å². The van der Waals surface area contributed by atoms with Crippen LogP contribution in [0, 0.1) is 13.8 Å². The van der Waals surface area contributed by atoms with Crippen LogP contribution in [-0.4, -0.2) is 0 Å². The molecule has 0 atom stereocenters. The minimum Gasteiger partial charge on any atom is -0.454 e. The maximum Gasteiger partial charge on any atom is 0.162 e. The molecule has 9 aromatic carbocycles. The Balaban J connectivity index is 1.10. The van der Waals surface area contributed by atoms with Crippen LogP contribution in [-0.2, 0) is 0 Å². The molecule has 2 saturated carbocycles. The fourth-order valence-corrected chi connectivity index (χ4v) is 12.5. The van der Waals surface area contributed by atoms with Gasteiger partial charge in [-0.25, -0.2) is 0 Å². The summed E-state index contributed by atoms with van der Waals surface area (Å²) in [5, 5.41) is 8.78. The molecule has 336 valence electrons. The zero-order valence-electron chi connectivity index (χ0n) is 39.1. The predicted molar refractivity (Wildman–Crippen MR) is 287 cm³/mol. The van der Waals surface area contributed by atoms with Crippen molar-refractivity contribution in [2.24, 2.45) is 0 Å². The first-order chi connectivity index (χ1) is 34.1. The summed E-state index contributed by atoms with van der Waals surface area (Å²) < 4.78 is 21.9. The summed E-state index contributed by atoms with van der Waals surface area (Å²) >= 11 is 0. The van der Waals surface area contributed by atoms with Crippen LogP contribution in [0.1, 0.15) is 85.5 Å². The Labute approximate surface area is 401 Å². The van der Waals surface area contributed by atoms with Crippen LogP contribution in [0.25, 0.3) is 76.6 Å². The van der Waals surface area contributed by atoms with Gasteiger partial charge in [0.1, 0.15) is 16.7 Å². The van der Waals surface area contributed by atoms with Crippen molar-refractivity contribution < 1.29 is 13.3 Å². The van der Waals surface area contributed by atoms with Gasteiger partial charge in [-0.1, -0.05) is 153 Å². The summed E-state index contributed by atoms with van der Waals surface area (Å²) in [5.74, 6) is 1.02. The topological polar surface area (TPSA) is 45.9 Å². The molecular formula is C64H52N2O3. The Morgan fingerprint density at radius 1 is 0.362 bits per heavy atom. The van der Waals surface area contributed by atoms with E-state index in [0.717, 1.165) is 99.9 Å². The average Bonchev–Trinajstić information content (AvgIpc) is 4.25. The summed E-state index contributed by atoms with van der Waals surface area (Å²) in [6, 6.07) is 62.0. The van der Waals surface area contributed by atoms with Crippen molar-refractivity contribution >= 4 is 111 Å². The molecule has 0 aliphatic heterocycles. The fourth-order valence-electron chi connectivity index (χ4n) is 12.5. The van der Waals surface area contributed by atoms with E-state index in [4.69, 9.17) is 13.3 Å². The minimum atomic E-state index is 0.508. The molecule has 14 rings (SSSR count). The standard InChI is InChI=1S/C64H52N2O3/c1-39-17-11-23-43(37-39)65(54-34-15-32-51-49-30-13-28-45(41-19-3-4-20-41)60(49)68-62(51)54)58-47-25-7-8-26-48(47)59(64-57(58)53-27-9-10-36-56(53)67-64)66(44-24-12-18-40(2)38-44)55-35-16-33-52-50-31-14-29-46(42-21-5-6-22-42)61(50)69-63(52)55/h7-18,23-38,41-42H,3-6,19-22H2,1-2H3. The highest BCUT2D eigenvalue weighted by molar-refractivity contribution is 6.29. The highest BCUT2D eigenvalue weighted by Gasteiger charge is 2.33. The Bertz CT molecular complexity index is 3990. The SMILES string of the molecule is Cc1cccc(N(c2cccc3c2oc2c(C4CCCC4)cccc23)c2c3ccccc3c(N(c3cccc(C)c3)c3cccc4c3oc3c(C5CCCC5)cccc34)c3c2oc2ccccc23)c1. The van der Waals surface area contributed by atoms with Gasteiger partial charge in [0.05, 0.1) is 28.1 Å². The molecule has 2 aliphatic rings. The monoisotopic (exact) mass is 896 g/mol. The minimum absolute atomic E-state index is 0.508. The first kappa shape index (κ1) is 40.3. The fraction of sp³-hybridized carbons (Fsp3) is 0.188. The summed E-state index contributed by atoms with van der Waals surface area (Å²) in [7, 11) is 0. The molecule has 0 N–H and O–H groups in total. The van der Waals surface area contributed by atoms with Crippen LogP contribution < -0.4 is 9.80 Å². The van der Waals surface area contributed by atoms with Crippen LogP contribution >= 0.6 is 0 Å². The molecule has 5 nitrogen and oxygen atoms in total. The lowest BCUT2D eigenvalue weighted by molar-refractivity contribution is 0.643. The largest absolute Gasteiger partial charge is 0.454 e. The van der Waals surface area contributed by atoms with Crippen molar-refractivity contribution in [3.8, 4) is 0 Å². The maximum absolute atomic E-state index is 7.38. The van der Waals surface area contributed by atoms with Gasteiger partial charge in [-0.15, -0.1) is 0 Å². The number of para-hydroxylation sites is 5. The summed E-state index contributed by atoms with van der Waals surface area (Å²) in [6.45, 7) is 4.35. The number of anilines is 6. The molecule has 2 aliphatic carbocycles. The molecule has 3 aromatic heterocycles. The van der Waals surface area contributed by atoms with Gasteiger partial charge in [-0.05, 0) is 116 Å². The van der Waals surface area contributed by atoms with E-state index in [1.54, 1.807) is 0 Å². The molecule has 0 saturated heterocycles. The third-order valence-corrected chi connectivity index (χ3v) is 15.6. The Morgan fingerprint density at radius 2 is 0.783 bits per heavy atom. The van der Waals surface area contributed by atoms with Gasteiger partial charge in [0.2, 0.25) is 0 Å². The Hall–Kier alpha value is -7.76. The molecule has 12 aromatic rings.